The monoisotopic (exact) mass is 467 g/mol. The SMILES string of the molecule is COc1cc(C(=O)N2CCC3(CC2)CCN(C(=O)C2CC(=O)c4ccccc42)C3)cc(Cl)n1. The lowest BCUT2D eigenvalue weighted by molar-refractivity contribution is -0.132. The molecule has 33 heavy (non-hydrogen) atoms. The predicted octanol–water partition coefficient (Wildman–Crippen LogP) is 3.57. The second-order valence-electron chi connectivity index (χ2n) is 9.29. The minimum atomic E-state index is -0.364. The molecule has 0 radical (unpaired) electrons. The molecule has 1 spiro atoms. The fourth-order valence-electron chi connectivity index (χ4n) is 5.50. The third-order valence-corrected chi connectivity index (χ3v) is 7.61. The minimum Gasteiger partial charge on any atom is -0.481 e. The predicted molar refractivity (Wildman–Crippen MR) is 123 cm³/mol. The molecule has 3 aliphatic rings. The van der Waals surface area contributed by atoms with Crippen LogP contribution in [0.1, 0.15) is 57.9 Å². The van der Waals surface area contributed by atoms with Crippen LogP contribution in [0.5, 0.6) is 5.88 Å². The van der Waals surface area contributed by atoms with Gasteiger partial charge in [-0.15, -0.1) is 0 Å². The number of piperidine rings is 1. The molecule has 7 nitrogen and oxygen atoms in total. The van der Waals surface area contributed by atoms with Gasteiger partial charge in [0.05, 0.1) is 13.0 Å². The first-order chi connectivity index (χ1) is 15.9. The van der Waals surface area contributed by atoms with Gasteiger partial charge in [0.25, 0.3) is 5.91 Å². The van der Waals surface area contributed by atoms with Gasteiger partial charge >= 0.3 is 0 Å². The van der Waals surface area contributed by atoms with E-state index in [1.165, 1.54) is 7.11 Å². The molecule has 2 saturated heterocycles. The molecule has 0 N–H and O–H groups in total. The van der Waals surface area contributed by atoms with E-state index in [1.54, 1.807) is 12.1 Å². The van der Waals surface area contributed by atoms with Gasteiger partial charge in [0.15, 0.2) is 5.78 Å². The number of likely N-dealkylation sites (tertiary alicyclic amines) is 2. The van der Waals surface area contributed by atoms with Gasteiger partial charge in [-0.2, -0.15) is 0 Å². The Hall–Kier alpha value is -2.93. The molecule has 0 saturated carbocycles. The lowest BCUT2D eigenvalue weighted by Crippen LogP contribution is -2.45. The highest BCUT2D eigenvalue weighted by molar-refractivity contribution is 6.29. The average molecular weight is 468 g/mol. The van der Waals surface area contributed by atoms with Gasteiger partial charge in [0, 0.05) is 49.8 Å². The number of amides is 2. The zero-order valence-electron chi connectivity index (χ0n) is 18.6. The number of carbonyl (C=O) groups is 3. The third-order valence-electron chi connectivity index (χ3n) is 7.41. The van der Waals surface area contributed by atoms with Crippen molar-refractivity contribution in [2.45, 2.75) is 31.6 Å². The van der Waals surface area contributed by atoms with Crippen LogP contribution < -0.4 is 4.74 Å². The Morgan fingerprint density at radius 3 is 2.52 bits per heavy atom. The number of ether oxygens (including phenoxy) is 1. The van der Waals surface area contributed by atoms with E-state index in [0.29, 0.717) is 43.2 Å². The van der Waals surface area contributed by atoms with Crippen molar-refractivity contribution >= 4 is 29.2 Å². The molecule has 172 valence electrons. The van der Waals surface area contributed by atoms with E-state index >= 15 is 0 Å². The van der Waals surface area contributed by atoms with Crippen LogP contribution in [0.25, 0.3) is 0 Å². The number of carbonyl (C=O) groups excluding carboxylic acids is 3. The van der Waals surface area contributed by atoms with E-state index in [1.807, 2.05) is 34.1 Å². The Morgan fingerprint density at radius 2 is 1.79 bits per heavy atom. The maximum Gasteiger partial charge on any atom is 0.254 e. The molecular formula is C25H26ClN3O4. The second kappa shape index (κ2) is 8.45. The molecule has 1 atom stereocenters. The number of hydrogen-bond acceptors (Lipinski definition) is 5. The number of fused-ring (bicyclic) bond motifs is 1. The molecule has 5 rings (SSSR count). The lowest BCUT2D eigenvalue weighted by atomic mass is 9.77. The Bertz CT molecular complexity index is 1130. The van der Waals surface area contributed by atoms with Crippen LogP contribution in [-0.2, 0) is 4.79 Å². The number of pyridine rings is 1. The van der Waals surface area contributed by atoms with Gasteiger partial charge in [0.2, 0.25) is 11.8 Å². The number of halogens is 1. The number of nitrogens with zero attached hydrogens (tertiary/aromatic N) is 3. The summed E-state index contributed by atoms with van der Waals surface area (Å²) in [6.45, 7) is 2.66. The largest absolute Gasteiger partial charge is 0.481 e. The van der Waals surface area contributed by atoms with Crippen molar-refractivity contribution in [3.05, 3.63) is 58.2 Å². The highest BCUT2D eigenvalue weighted by atomic mass is 35.5. The fraction of sp³-hybridized carbons (Fsp3) is 0.440. The maximum atomic E-state index is 13.3. The van der Waals surface area contributed by atoms with Gasteiger partial charge < -0.3 is 14.5 Å². The van der Waals surface area contributed by atoms with Crippen molar-refractivity contribution in [1.29, 1.82) is 0 Å². The van der Waals surface area contributed by atoms with E-state index in [-0.39, 0.29) is 40.5 Å². The standard InChI is InChI=1S/C25H26ClN3O4/c1-33-22-13-16(12-21(26)27-22)23(31)28-9-6-25(7-10-28)8-11-29(15-25)24(32)19-14-20(30)18-5-3-2-4-17(18)19/h2-5,12-13,19H,6-11,14-15H2,1H3. The van der Waals surface area contributed by atoms with Crippen molar-refractivity contribution in [3.63, 3.8) is 0 Å². The first-order valence-electron chi connectivity index (χ1n) is 11.3. The highest BCUT2D eigenvalue weighted by Crippen LogP contribution is 2.43. The van der Waals surface area contributed by atoms with Crippen LogP contribution in [0.2, 0.25) is 5.15 Å². The minimum absolute atomic E-state index is 0.0299. The van der Waals surface area contributed by atoms with Gasteiger partial charge in [-0.3, -0.25) is 14.4 Å². The maximum absolute atomic E-state index is 13.3. The number of benzene rings is 1. The number of ketones is 1. The van der Waals surface area contributed by atoms with Gasteiger partial charge in [-0.25, -0.2) is 4.98 Å². The van der Waals surface area contributed by atoms with Crippen LogP contribution in [0, 0.1) is 5.41 Å². The van der Waals surface area contributed by atoms with Crippen LogP contribution in [0.4, 0.5) is 0 Å². The normalized spacial score (nSPS) is 21.4. The van der Waals surface area contributed by atoms with E-state index in [0.717, 1.165) is 24.8 Å². The molecule has 3 heterocycles. The summed E-state index contributed by atoms with van der Waals surface area (Å²) in [6.07, 6.45) is 2.89. The summed E-state index contributed by atoms with van der Waals surface area (Å²) in [6, 6.07) is 10.6. The zero-order valence-corrected chi connectivity index (χ0v) is 19.3. The lowest BCUT2D eigenvalue weighted by Gasteiger charge is -2.39. The van der Waals surface area contributed by atoms with Crippen molar-refractivity contribution in [2.24, 2.45) is 5.41 Å². The summed E-state index contributed by atoms with van der Waals surface area (Å²) >= 11 is 6.03. The molecule has 2 aliphatic heterocycles. The van der Waals surface area contributed by atoms with E-state index in [4.69, 9.17) is 16.3 Å². The molecular weight excluding hydrogens is 442 g/mol. The Labute approximate surface area is 197 Å². The summed E-state index contributed by atoms with van der Waals surface area (Å²) in [7, 11) is 1.49. The number of aromatic nitrogens is 1. The second-order valence-corrected chi connectivity index (χ2v) is 9.68. The Balaban J connectivity index is 1.23. The smallest absolute Gasteiger partial charge is 0.254 e. The molecule has 8 heteroatoms. The molecule has 2 aromatic rings. The van der Waals surface area contributed by atoms with E-state index < -0.39 is 0 Å². The van der Waals surface area contributed by atoms with Crippen LogP contribution in [-0.4, -0.2) is 65.7 Å². The van der Waals surface area contributed by atoms with E-state index in [2.05, 4.69) is 4.98 Å². The quantitative estimate of drug-likeness (QED) is 0.645. The number of rotatable bonds is 3. The van der Waals surface area contributed by atoms with Crippen molar-refractivity contribution in [2.75, 3.05) is 33.3 Å². The summed E-state index contributed by atoms with van der Waals surface area (Å²) in [5.74, 6) is -0.0210. The van der Waals surface area contributed by atoms with Gasteiger partial charge in [0.1, 0.15) is 5.15 Å². The Morgan fingerprint density at radius 1 is 1.09 bits per heavy atom. The summed E-state index contributed by atoms with van der Waals surface area (Å²) in [5, 5.41) is 0.225. The number of hydrogen-bond donors (Lipinski definition) is 0. The first kappa shape index (κ1) is 21.9. The van der Waals surface area contributed by atoms with Crippen LogP contribution >= 0.6 is 11.6 Å². The van der Waals surface area contributed by atoms with Crippen molar-refractivity contribution in [3.8, 4) is 5.88 Å². The molecule has 1 aromatic heterocycles. The topological polar surface area (TPSA) is 79.8 Å². The average Bonchev–Trinajstić information content (AvgIpc) is 3.40. The zero-order chi connectivity index (χ0) is 23.2. The third kappa shape index (κ3) is 3.99. The van der Waals surface area contributed by atoms with Gasteiger partial charge in [-0.05, 0) is 36.3 Å². The summed E-state index contributed by atoms with van der Waals surface area (Å²) in [5.41, 5.74) is 2.04. The van der Waals surface area contributed by atoms with E-state index in [9.17, 15) is 14.4 Å². The van der Waals surface area contributed by atoms with Crippen molar-refractivity contribution < 1.29 is 19.1 Å². The Kier molecular flexibility index (Phi) is 5.60. The van der Waals surface area contributed by atoms with Crippen molar-refractivity contribution in [1.82, 2.24) is 14.8 Å². The number of Topliss-reactive ketones (excluding diaryl/α,β-unsaturated/α-hetero) is 1. The molecule has 1 aromatic carbocycles. The molecule has 1 unspecified atom stereocenters. The highest BCUT2D eigenvalue weighted by Gasteiger charge is 2.45. The van der Waals surface area contributed by atoms with Crippen LogP contribution in [0.3, 0.4) is 0 Å². The summed E-state index contributed by atoms with van der Waals surface area (Å²) < 4.78 is 5.13. The fourth-order valence-corrected chi connectivity index (χ4v) is 5.70. The number of methoxy groups -OCH3 is 1. The molecule has 2 fully saturated rings. The summed E-state index contributed by atoms with van der Waals surface area (Å²) in [4.78, 5) is 46.5. The first-order valence-corrected chi connectivity index (χ1v) is 11.7. The molecule has 0 bridgehead atoms. The van der Waals surface area contributed by atoms with Crippen LogP contribution in [0.15, 0.2) is 36.4 Å². The van der Waals surface area contributed by atoms with Gasteiger partial charge in [-0.1, -0.05) is 35.9 Å². The molecule has 2 amide bonds. The molecule has 1 aliphatic carbocycles.